The summed E-state index contributed by atoms with van der Waals surface area (Å²) in [5.74, 6) is -0.882. The highest BCUT2D eigenvalue weighted by Crippen LogP contribution is 2.21. The Kier molecular flexibility index (Phi) is 4.47. The number of carboxylic acid groups (broad SMARTS) is 1. The number of carboxylic acids is 1. The van der Waals surface area contributed by atoms with Crippen LogP contribution in [0.15, 0.2) is 24.3 Å². The number of aliphatic hydroxyl groups is 1. The van der Waals surface area contributed by atoms with Gasteiger partial charge in [-0.1, -0.05) is 12.1 Å². The van der Waals surface area contributed by atoms with Gasteiger partial charge in [-0.2, -0.15) is 0 Å². The fourth-order valence-electron chi connectivity index (χ4n) is 2.27. The molecule has 6 heteroatoms. The molecule has 0 aromatic heterocycles. The van der Waals surface area contributed by atoms with Crippen molar-refractivity contribution in [2.75, 3.05) is 18.4 Å². The second kappa shape index (κ2) is 6.13. The lowest BCUT2D eigenvalue weighted by Crippen LogP contribution is -2.46. The molecule has 1 aromatic rings. The maximum Gasteiger partial charge on any atom is 0.321 e. The number of benzene rings is 1. The fourth-order valence-corrected chi connectivity index (χ4v) is 2.27. The average Bonchev–Trinajstić information content (AvgIpc) is 2.40. The predicted octanol–water partition coefficient (Wildman–Crippen LogP) is 1.69. The molecule has 1 aromatic carbocycles. The van der Waals surface area contributed by atoms with Crippen LogP contribution in [0.1, 0.15) is 25.3 Å². The third-order valence-corrected chi connectivity index (χ3v) is 3.69. The lowest BCUT2D eigenvalue weighted by molar-refractivity contribution is -0.136. The molecule has 1 aliphatic heterocycles. The van der Waals surface area contributed by atoms with Gasteiger partial charge in [0.25, 0.3) is 0 Å². The summed E-state index contributed by atoms with van der Waals surface area (Å²) < 4.78 is 0. The molecule has 0 spiro atoms. The number of urea groups is 1. The monoisotopic (exact) mass is 292 g/mol. The lowest BCUT2D eigenvalue weighted by Gasteiger charge is -2.35. The summed E-state index contributed by atoms with van der Waals surface area (Å²) in [4.78, 5) is 24.3. The number of nitrogens with zero attached hydrogens (tertiary/aromatic N) is 1. The molecule has 3 N–H and O–H groups in total. The van der Waals surface area contributed by atoms with Gasteiger partial charge in [-0.3, -0.25) is 4.79 Å². The van der Waals surface area contributed by atoms with Crippen molar-refractivity contribution < 1.29 is 19.8 Å². The van der Waals surface area contributed by atoms with E-state index in [1.807, 2.05) is 0 Å². The van der Waals surface area contributed by atoms with E-state index >= 15 is 0 Å². The van der Waals surface area contributed by atoms with E-state index in [1.54, 1.807) is 36.1 Å². The Hall–Kier alpha value is -2.08. The molecule has 1 aliphatic rings. The summed E-state index contributed by atoms with van der Waals surface area (Å²) in [6.07, 6.45) is 1.10. The highest BCUT2D eigenvalue weighted by Gasteiger charge is 2.29. The summed E-state index contributed by atoms with van der Waals surface area (Å²) in [7, 11) is 0. The number of aliphatic carboxylic acids is 1. The summed E-state index contributed by atoms with van der Waals surface area (Å²) in [5.41, 5.74) is 0.635. The number of piperidine rings is 1. The number of carbonyl (C=O) groups excluding carboxylic acids is 1. The molecular formula is C15H20N2O4. The van der Waals surface area contributed by atoms with Crippen molar-refractivity contribution in [2.24, 2.45) is 0 Å². The summed E-state index contributed by atoms with van der Waals surface area (Å²) in [5, 5.41) is 21.3. The van der Waals surface area contributed by atoms with E-state index in [-0.39, 0.29) is 12.5 Å². The van der Waals surface area contributed by atoms with E-state index in [9.17, 15) is 14.7 Å². The van der Waals surface area contributed by atoms with Gasteiger partial charge in [0.2, 0.25) is 0 Å². The number of hydrogen-bond donors (Lipinski definition) is 3. The first kappa shape index (κ1) is 15.3. The zero-order chi connectivity index (χ0) is 15.5. The smallest absolute Gasteiger partial charge is 0.321 e. The molecule has 1 saturated heterocycles. The van der Waals surface area contributed by atoms with Crippen LogP contribution < -0.4 is 5.32 Å². The number of amides is 2. The first-order chi connectivity index (χ1) is 9.85. The maximum absolute atomic E-state index is 12.1. The highest BCUT2D eigenvalue weighted by atomic mass is 16.4. The van der Waals surface area contributed by atoms with E-state index in [2.05, 4.69) is 5.32 Å². The molecule has 1 fully saturated rings. The predicted molar refractivity (Wildman–Crippen MR) is 78.2 cm³/mol. The van der Waals surface area contributed by atoms with Crippen molar-refractivity contribution in [2.45, 2.75) is 31.8 Å². The standard InChI is InChI=1S/C15H20N2O4/c1-15(21)6-8-17(9-7-15)14(20)16-12-4-2-11(3-5-12)10-13(18)19/h2-5,21H,6-10H2,1H3,(H,16,20)(H,18,19). The van der Waals surface area contributed by atoms with Crippen molar-refractivity contribution in [3.8, 4) is 0 Å². The van der Waals surface area contributed by atoms with Gasteiger partial charge >= 0.3 is 12.0 Å². The Labute approximate surface area is 123 Å². The van der Waals surface area contributed by atoms with Gasteiger partial charge in [0.05, 0.1) is 12.0 Å². The van der Waals surface area contributed by atoms with Crippen LogP contribution in [0.5, 0.6) is 0 Å². The first-order valence-corrected chi connectivity index (χ1v) is 6.95. The van der Waals surface area contributed by atoms with Gasteiger partial charge in [0, 0.05) is 18.8 Å². The molecule has 6 nitrogen and oxygen atoms in total. The Balaban J connectivity index is 1.89. The molecule has 0 radical (unpaired) electrons. The molecule has 0 bridgehead atoms. The summed E-state index contributed by atoms with van der Waals surface area (Å²) >= 11 is 0. The second-order valence-corrected chi connectivity index (χ2v) is 5.68. The minimum Gasteiger partial charge on any atom is -0.481 e. The van der Waals surface area contributed by atoms with Crippen LogP contribution in [0.4, 0.5) is 10.5 Å². The normalized spacial score (nSPS) is 17.3. The summed E-state index contributed by atoms with van der Waals surface area (Å²) in [6, 6.07) is 6.55. The Morgan fingerprint density at radius 3 is 2.33 bits per heavy atom. The quantitative estimate of drug-likeness (QED) is 0.791. The van der Waals surface area contributed by atoms with Gasteiger partial charge in [0.1, 0.15) is 0 Å². The van der Waals surface area contributed by atoms with Crippen LogP contribution in [0.3, 0.4) is 0 Å². The minimum atomic E-state index is -0.882. The molecule has 0 unspecified atom stereocenters. The van der Waals surface area contributed by atoms with Crippen LogP contribution in [0.25, 0.3) is 0 Å². The van der Waals surface area contributed by atoms with Crippen LogP contribution in [0.2, 0.25) is 0 Å². The van der Waals surface area contributed by atoms with Gasteiger partial charge in [-0.25, -0.2) is 4.79 Å². The Bertz CT molecular complexity index is 515. The summed E-state index contributed by atoms with van der Waals surface area (Å²) in [6.45, 7) is 2.83. The molecular weight excluding hydrogens is 272 g/mol. The Morgan fingerprint density at radius 2 is 1.81 bits per heavy atom. The minimum absolute atomic E-state index is 0.0323. The molecule has 2 amide bonds. The highest BCUT2D eigenvalue weighted by molar-refractivity contribution is 5.89. The van der Waals surface area contributed by atoms with Crippen molar-refractivity contribution in [1.29, 1.82) is 0 Å². The number of carbonyl (C=O) groups is 2. The zero-order valence-electron chi connectivity index (χ0n) is 12.0. The number of nitrogens with one attached hydrogen (secondary N) is 1. The van der Waals surface area contributed by atoms with Crippen LogP contribution in [-0.4, -0.2) is 45.8 Å². The molecule has 2 rings (SSSR count). The molecule has 0 aliphatic carbocycles. The third-order valence-electron chi connectivity index (χ3n) is 3.69. The van der Waals surface area contributed by atoms with Gasteiger partial charge in [0.15, 0.2) is 0 Å². The zero-order valence-corrected chi connectivity index (χ0v) is 12.0. The van der Waals surface area contributed by atoms with Crippen LogP contribution in [0, 0.1) is 0 Å². The van der Waals surface area contributed by atoms with Gasteiger partial charge < -0.3 is 20.4 Å². The van der Waals surface area contributed by atoms with Crippen molar-refractivity contribution in [3.63, 3.8) is 0 Å². The molecule has 1 heterocycles. The topological polar surface area (TPSA) is 89.9 Å². The lowest BCUT2D eigenvalue weighted by atomic mass is 9.94. The second-order valence-electron chi connectivity index (χ2n) is 5.68. The van der Waals surface area contributed by atoms with E-state index in [1.165, 1.54) is 0 Å². The first-order valence-electron chi connectivity index (χ1n) is 6.95. The number of hydrogen-bond acceptors (Lipinski definition) is 3. The average molecular weight is 292 g/mol. The molecule has 0 atom stereocenters. The Morgan fingerprint density at radius 1 is 1.24 bits per heavy atom. The largest absolute Gasteiger partial charge is 0.481 e. The van der Waals surface area contributed by atoms with Crippen LogP contribution >= 0.6 is 0 Å². The van der Waals surface area contributed by atoms with Crippen molar-refractivity contribution >= 4 is 17.7 Å². The number of anilines is 1. The maximum atomic E-state index is 12.1. The van der Waals surface area contributed by atoms with Gasteiger partial charge in [-0.15, -0.1) is 0 Å². The van der Waals surface area contributed by atoms with Crippen molar-refractivity contribution in [3.05, 3.63) is 29.8 Å². The molecule has 0 saturated carbocycles. The molecule has 114 valence electrons. The number of rotatable bonds is 3. The molecule has 21 heavy (non-hydrogen) atoms. The van der Waals surface area contributed by atoms with E-state index in [0.717, 1.165) is 0 Å². The van der Waals surface area contributed by atoms with Crippen molar-refractivity contribution in [1.82, 2.24) is 4.90 Å². The number of likely N-dealkylation sites (tertiary alicyclic amines) is 1. The SMILES string of the molecule is CC1(O)CCN(C(=O)Nc2ccc(CC(=O)O)cc2)CC1. The van der Waals surface area contributed by atoms with E-state index in [4.69, 9.17) is 5.11 Å². The van der Waals surface area contributed by atoms with E-state index in [0.29, 0.717) is 37.2 Å². The van der Waals surface area contributed by atoms with Gasteiger partial charge in [-0.05, 0) is 37.5 Å². The van der Waals surface area contributed by atoms with Crippen LogP contribution in [-0.2, 0) is 11.2 Å². The third kappa shape index (κ3) is 4.46. The fraction of sp³-hybridized carbons (Fsp3) is 0.467. The van der Waals surface area contributed by atoms with E-state index < -0.39 is 11.6 Å².